The minimum atomic E-state index is 0.198. The molecule has 1 saturated carbocycles. The Morgan fingerprint density at radius 2 is 1.86 bits per heavy atom. The first-order valence-electron chi connectivity index (χ1n) is 8.20. The van der Waals surface area contributed by atoms with Gasteiger partial charge in [0.2, 0.25) is 0 Å². The van der Waals surface area contributed by atoms with Crippen LogP contribution in [0.4, 0.5) is 0 Å². The van der Waals surface area contributed by atoms with Crippen LogP contribution in [0.1, 0.15) is 56.3 Å². The maximum absolute atomic E-state index is 12.7. The van der Waals surface area contributed by atoms with Crippen molar-refractivity contribution in [1.82, 2.24) is 4.90 Å². The van der Waals surface area contributed by atoms with E-state index in [-0.39, 0.29) is 5.92 Å². The normalized spacial score (nSPS) is 23.0. The molecule has 1 fully saturated rings. The van der Waals surface area contributed by atoms with Crippen LogP contribution in [0.25, 0.3) is 0 Å². The highest BCUT2D eigenvalue weighted by Gasteiger charge is 2.27. The van der Waals surface area contributed by atoms with E-state index in [1.54, 1.807) is 0 Å². The van der Waals surface area contributed by atoms with Gasteiger partial charge >= 0.3 is 0 Å². The predicted octanol–water partition coefficient (Wildman–Crippen LogP) is 4.92. The Morgan fingerprint density at radius 3 is 2.52 bits per heavy atom. The van der Waals surface area contributed by atoms with Crippen LogP contribution in [0, 0.1) is 5.92 Å². The fourth-order valence-corrected chi connectivity index (χ4v) is 4.01. The fraction of sp³-hybridized carbons (Fsp3) is 0.611. The summed E-state index contributed by atoms with van der Waals surface area (Å²) in [6.07, 6.45) is 5.63. The average molecular weight is 352 g/mol. The van der Waals surface area contributed by atoms with E-state index in [1.165, 1.54) is 12.8 Å². The van der Waals surface area contributed by atoms with Gasteiger partial charge in [-0.05, 0) is 44.8 Å². The van der Waals surface area contributed by atoms with Crippen molar-refractivity contribution in [2.24, 2.45) is 5.92 Å². The third-order valence-corrected chi connectivity index (χ3v) is 5.47. The van der Waals surface area contributed by atoms with Crippen LogP contribution in [0.2, 0.25) is 0 Å². The smallest absolute Gasteiger partial charge is 0.167 e. The summed E-state index contributed by atoms with van der Waals surface area (Å²) in [4.78, 5) is 15.3. The summed E-state index contributed by atoms with van der Waals surface area (Å²) < 4.78 is 0.930. The summed E-state index contributed by atoms with van der Waals surface area (Å²) in [6, 6.07) is 8.48. The van der Waals surface area contributed by atoms with Crippen molar-refractivity contribution < 1.29 is 4.79 Å². The molecule has 0 amide bonds. The molecule has 0 heterocycles. The highest BCUT2D eigenvalue weighted by molar-refractivity contribution is 9.10. The molecule has 0 spiro atoms. The molecule has 0 saturated heterocycles. The van der Waals surface area contributed by atoms with Crippen molar-refractivity contribution >= 4 is 21.7 Å². The van der Waals surface area contributed by atoms with Crippen LogP contribution in [0.15, 0.2) is 28.7 Å². The van der Waals surface area contributed by atoms with E-state index in [9.17, 15) is 4.79 Å². The van der Waals surface area contributed by atoms with Gasteiger partial charge in [0.05, 0.1) is 0 Å². The second-order valence-electron chi connectivity index (χ2n) is 5.92. The predicted molar refractivity (Wildman–Crippen MR) is 91.8 cm³/mol. The highest BCUT2D eigenvalue weighted by Crippen LogP contribution is 2.30. The summed E-state index contributed by atoms with van der Waals surface area (Å²) in [6.45, 7) is 6.70. The molecule has 1 aliphatic rings. The third kappa shape index (κ3) is 4.17. The van der Waals surface area contributed by atoms with Crippen LogP contribution in [0.3, 0.4) is 0 Å². The first-order chi connectivity index (χ1) is 10.2. The number of Topliss-reactive ketones (excluding diaryl/α,β-unsaturated/α-hetero) is 1. The molecule has 2 atom stereocenters. The number of hydrogen-bond donors (Lipinski definition) is 0. The lowest BCUT2D eigenvalue weighted by Gasteiger charge is -2.28. The first kappa shape index (κ1) is 16.7. The van der Waals surface area contributed by atoms with E-state index >= 15 is 0 Å². The SMILES string of the molecule is CCN(CC)C1CCCC(C(=O)c2ccccc2Br)CC1. The van der Waals surface area contributed by atoms with Crippen molar-refractivity contribution in [3.8, 4) is 0 Å². The van der Waals surface area contributed by atoms with E-state index in [2.05, 4.69) is 34.7 Å². The van der Waals surface area contributed by atoms with Gasteiger partial charge < -0.3 is 4.90 Å². The molecule has 2 unspecified atom stereocenters. The third-order valence-electron chi connectivity index (χ3n) is 4.78. The van der Waals surface area contributed by atoms with Gasteiger partial charge in [0.15, 0.2) is 5.78 Å². The average Bonchev–Trinajstić information content (AvgIpc) is 2.75. The summed E-state index contributed by atoms with van der Waals surface area (Å²) >= 11 is 3.51. The summed E-state index contributed by atoms with van der Waals surface area (Å²) in [5.41, 5.74) is 0.851. The molecule has 2 nitrogen and oxygen atoms in total. The second kappa shape index (κ2) is 8.09. The molecule has 116 valence electrons. The van der Waals surface area contributed by atoms with E-state index in [4.69, 9.17) is 0 Å². The van der Waals surface area contributed by atoms with Gasteiger partial charge in [-0.25, -0.2) is 0 Å². The van der Waals surface area contributed by atoms with Gasteiger partial charge in [0.25, 0.3) is 0 Å². The molecular formula is C18H26BrNO. The topological polar surface area (TPSA) is 20.3 Å². The second-order valence-corrected chi connectivity index (χ2v) is 6.78. The van der Waals surface area contributed by atoms with Crippen molar-refractivity contribution in [3.05, 3.63) is 34.3 Å². The number of hydrogen-bond acceptors (Lipinski definition) is 2. The number of carbonyl (C=O) groups is 1. The molecule has 2 rings (SSSR count). The maximum atomic E-state index is 12.7. The first-order valence-corrected chi connectivity index (χ1v) is 8.99. The number of benzene rings is 1. The Balaban J connectivity index is 2.03. The Hall–Kier alpha value is -0.670. The van der Waals surface area contributed by atoms with E-state index in [0.717, 1.165) is 42.4 Å². The zero-order valence-electron chi connectivity index (χ0n) is 13.1. The fourth-order valence-electron chi connectivity index (χ4n) is 3.53. The van der Waals surface area contributed by atoms with Crippen LogP contribution in [-0.4, -0.2) is 29.8 Å². The number of rotatable bonds is 5. The molecule has 3 heteroatoms. The van der Waals surface area contributed by atoms with Gasteiger partial charge in [-0.1, -0.05) is 54.4 Å². The quantitative estimate of drug-likeness (QED) is 0.554. The summed E-state index contributed by atoms with van der Waals surface area (Å²) in [5.74, 6) is 0.520. The monoisotopic (exact) mass is 351 g/mol. The lowest BCUT2D eigenvalue weighted by Crippen LogP contribution is -2.34. The molecule has 1 aromatic rings. The van der Waals surface area contributed by atoms with Crippen molar-refractivity contribution in [2.45, 2.75) is 52.0 Å². The molecule has 21 heavy (non-hydrogen) atoms. The lowest BCUT2D eigenvalue weighted by atomic mass is 9.91. The molecule has 0 radical (unpaired) electrons. The van der Waals surface area contributed by atoms with E-state index in [1.807, 2.05) is 24.3 Å². The van der Waals surface area contributed by atoms with Gasteiger partial charge in [0.1, 0.15) is 0 Å². The number of halogens is 1. The highest BCUT2D eigenvalue weighted by atomic mass is 79.9. The zero-order chi connectivity index (χ0) is 15.2. The Bertz CT molecular complexity index is 470. The number of ketones is 1. The Morgan fingerprint density at radius 1 is 1.14 bits per heavy atom. The Kier molecular flexibility index (Phi) is 6.43. The van der Waals surface area contributed by atoms with Gasteiger partial charge in [0, 0.05) is 22.0 Å². The van der Waals surface area contributed by atoms with Crippen LogP contribution >= 0.6 is 15.9 Å². The maximum Gasteiger partial charge on any atom is 0.167 e. The molecule has 0 bridgehead atoms. The van der Waals surface area contributed by atoms with Gasteiger partial charge in [-0.2, -0.15) is 0 Å². The lowest BCUT2D eigenvalue weighted by molar-refractivity contribution is 0.0904. The van der Waals surface area contributed by atoms with Crippen molar-refractivity contribution in [1.29, 1.82) is 0 Å². The van der Waals surface area contributed by atoms with Gasteiger partial charge in [-0.15, -0.1) is 0 Å². The van der Waals surface area contributed by atoms with Crippen LogP contribution < -0.4 is 0 Å². The van der Waals surface area contributed by atoms with E-state index in [0.29, 0.717) is 11.8 Å². The number of carbonyl (C=O) groups excluding carboxylic acids is 1. The standard InChI is InChI=1S/C18H26BrNO/c1-3-20(4-2)15-9-7-8-14(12-13-15)18(21)16-10-5-6-11-17(16)19/h5-6,10-11,14-15H,3-4,7-9,12-13H2,1-2H3. The molecule has 1 aliphatic carbocycles. The zero-order valence-corrected chi connectivity index (χ0v) is 14.7. The minimum Gasteiger partial charge on any atom is -0.301 e. The molecule has 0 aliphatic heterocycles. The minimum absolute atomic E-state index is 0.198. The van der Waals surface area contributed by atoms with Crippen molar-refractivity contribution in [3.63, 3.8) is 0 Å². The largest absolute Gasteiger partial charge is 0.301 e. The number of nitrogens with zero attached hydrogens (tertiary/aromatic N) is 1. The summed E-state index contributed by atoms with van der Waals surface area (Å²) in [5, 5.41) is 0. The van der Waals surface area contributed by atoms with E-state index < -0.39 is 0 Å². The molecule has 1 aromatic carbocycles. The molecule has 0 N–H and O–H groups in total. The Labute approximate surface area is 137 Å². The van der Waals surface area contributed by atoms with Crippen molar-refractivity contribution in [2.75, 3.05) is 13.1 Å². The van der Waals surface area contributed by atoms with Gasteiger partial charge in [-0.3, -0.25) is 4.79 Å². The van der Waals surface area contributed by atoms with Crippen LogP contribution in [-0.2, 0) is 0 Å². The van der Waals surface area contributed by atoms with Crippen LogP contribution in [0.5, 0.6) is 0 Å². The molecule has 0 aromatic heterocycles. The summed E-state index contributed by atoms with van der Waals surface area (Å²) in [7, 11) is 0. The molecular weight excluding hydrogens is 326 g/mol.